The first-order chi connectivity index (χ1) is 14.4. The van der Waals surface area contributed by atoms with E-state index in [9.17, 15) is 4.79 Å². The minimum absolute atomic E-state index is 0.0275. The van der Waals surface area contributed by atoms with Gasteiger partial charge in [-0.05, 0) is 49.3 Å². The molecule has 1 N–H and O–H groups in total. The van der Waals surface area contributed by atoms with E-state index in [-0.39, 0.29) is 17.1 Å². The second-order valence-corrected chi connectivity index (χ2v) is 11.0. The number of thiazole rings is 1. The molecule has 0 saturated carbocycles. The highest BCUT2D eigenvalue weighted by Crippen LogP contribution is 2.49. The van der Waals surface area contributed by atoms with Crippen molar-refractivity contribution in [3.8, 4) is 5.13 Å². The Morgan fingerprint density at radius 3 is 2.87 bits per heavy atom. The van der Waals surface area contributed by atoms with E-state index in [1.807, 2.05) is 34.6 Å². The molecule has 156 valence electrons. The molecule has 2 aliphatic rings. The van der Waals surface area contributed by atoms with Crippen molar-refractivity contribution in [3.63, 3.8) is 0 Å². The fraction of sp³-hybridized carbons (Fsp3) is 0.435. The molecule has 1 aliphatic heterocycles. The van der Waals surface area contributed by atoms with Crippen LogP contribution in [0, 0.1) is 12.3 Å². The van der Waals surface area contributed by atoms with Crippen molar-refractivity contribution in [2.75, 3.05) is 17.3 Å². The van der Waals surface area contributed by atoms with Crippen molar-refractivity contribution in [2.24, 2.45) is 5.41 Å². The molecule has 5 rings (SSSR count). The van der Waals surface area contributed by atoms with Crippen molar-refractivity contribution < 1.29 is 4.79 Å². The van der Waals surface area contributed by atoms with Gasteiger partial charge in [0.05, 0.1) is 15.9 Å². The highest BCUT2D eigenvalue weighted by Gasteiger charge is 2.42. The zero-order valence-corrected chi connectivity index (χ0v) is 19.4. The van der Waals surface area contributed by atoms with Gasteiger partial charge < -0.3 is 5.32 Å². The molecule has 0 saturated heterocycles. The van der Waals surface area contributed by atoms with Gasteiger partial charge in [-0.2, -0.15) is 21.5 Å². The van der Waals surface area contributed by atoms with E-state index in [1.54, 1.807) is 11.3 Å². The van der Waals surface area contributed by atoms with Gasteiger partial charge in [0, 0.05) is 29.2 Å². The third-order valence-corrected chi connectivity index (χ3v) is 7.72. The SMILES string of the molecule is CSCCC1C2=C(CC(C)(C)CC2=O)Nc2c1c(C)nn2-c1nc2ccccc2s1. The van der Waals surface area contributed by atoms with Gasteiger partial charge in [0.2, 0.25) is 5.13 Å². The highest BCUT2D eigenvalue weighted by atomic mass is 32.2. The first kappa shape index (κ1) is 19.8. The van der Waals surface area contributed by atoms with Crippen LogP contribution in [-0.4, -0.2) is 32.6 Å². The van der Waals surface area contributed by atoms with E-state index in [0.29, 0.717) is 6.42 Å². The van der Waals surface area contributed by atoms with Gasteiger partial charge in [-0.25, -0.2) is 4.98 Å². The van der Waals surface area contributed by atoms with Gasteiger partial charge in [0.25, 0.3) is 0 Å². The largest absolute Gasteiger partial charge is 0.343 e. The fourth-order valence-corrected chi connectivity index (χ4v) is 6.22. The number of carbonyl (C=O) groups excluding carboxylic acids is 1. The Hall–Kier alpha value is -2.12. The number of nitrogens with one attached hydrogen (secondary N) is 1. The van der Waals surface area contributed by atoms with Crippen LogP contribution in [0.5, 0.6) is 0 Å². The lowest BCUT2D eigenvalue weighted by molar-refractivity contribution is -0.118. The van der Waals surface area contributed by atoms with E-state index in [1.165, 1.54) is 0 Å². The number of ketones is 1. The van der Waals surface area contributed by atoms with Crippen LogP contribution in [0.15, 0.2) is 35.5 Å². The molecule has 0 fully saturated rings. The smallest absolute Gasteiger partial charge is 0.213 e. The molecular formula is C23H26N4OS2. The van der Waals surface area contributed by atoms with Crippen LogP contribution in [0.4, 0.5) is 5.82 Å². The summed E-state index contributed by atoms with van der Waals surface area (Å²) < 4.78 is 3.11. The molecule has 1 aliphatic carbocycles. The Bertz CT molecular complexity index is 1150. The number of nitrogens with zero attached hydrogens (tertiary/aromatic N) is 3. The average molecular weight is 439 g/mol. The molecular weight excluding hydrogens is 412 g/mol. The number of thioether (sulfide) groups is 1. The highest BCUT2D eigenvalue weighted by molar-refractivity contribution is 7.98. The summed E-state index contributed by atoms with van der Waals surface area (Å²) in [6.45, 7) is 6.41. The Morgan fingerprint density at radius 2 is 2.10 bits per heavy atom. The second kappa shape index (κ2) is 7.24. The lowest BCUT2D eigenvalue weighted by atomic mass is 9.70. The van der Waals surface area contributed by atoms with Crippen molar-refractivity contribution in [1.29, 1.82) is 0 Å². The lowest BCUT2D eigenvalue weighted by Gasteiger charge is -2.38. The van der Waals surface area contributed by atoms with Gasteiger partial charge in [-0.1, -0.05) is 37.3 Å². The molecule has 2 aromatic heterocycles. The van der Waals surface area contributed by atoms with E-state index < -0.39 is 0 Å². The van der Waals surface area contributed by atoms with Crippen LogP contribution >= 0.6 is 23.1 Å². The first-order valence-electron chi connectivity index (χ1n) is 10.4. The Labute approximate surface area is 185 Å². The number of rotatable bonds is 4. The summed E-state index contributed by atoms with van der Waals surface area (Å²) in [4.78, 5) is 18.0. The third kappa shape index (κ3) is 3.19. The maximum atomic E-state index is 13.2. The van der Waals surface area contributed by atoms with Gasteiger partial charge in [0.15, 0.2) is 5.78 Å². The third-order valence-electron chi connectivity index (χ3n) is 6.07. The van der Waals surface area contributed by atoms with Crippen molar-refractivity contribution in [3.05, 3.63) is 46.8 Å². The molecule has 1 unspecified atom stereocenters. The van der Waals surface area contributed by atoms with E-state index >= 15 is 0 Å². The predicted octanol–water partition coefficient (Wildman–Crippen LogP) is 5.70. The lowest BCUT2D eigenvalue weighted by Crippen LogP contribution is -2.34. The molecule has 0 bridgehead atoms. The molecule has 0 radical (unpaired) electrons. The quantitative estimate of drug-likeness (QED) is 0.566. The van der Waals surface area contributed by atoms with Gasteiger partial charge in [0.1, 0.15) is 5.82 Å². The Balaban J connectivity index is 1.66. The normalized spacial score (nSPS) is 20.3. The van der Waals surface area contributed by atoms with Crippen molar-refractivity contribution in [2.45, 2.75) is 46.0 Å². The summed E-state index contributed by atoms with van der Waals surface area (Å²) in [5.41, 5.74) is 5.17. The average Bonchev–Trinajstić information content (AvgIpc) is 3.25. The van der Waals surface area contributed by atoms with E-state index in [4.69, 9.17) is 10.1 Å². The molecule has 1 aromatic carbocycles. The number of aromatic nitrogens is 3. The van der Waals surface area contributed by atoms with Gasteiger partial charge in [-0.3, -0.25) is 4.79 Å². The van der Waals surface area contributed by atoms with Crippen LogP contribution in [0.25, 0.3) is 15.3 Å². The molecule has 5 nitrogen and oxygen atoms in total. The van der Waals surface area contributed by atoms with Crippen LogP contribution in [0.3, 0.4) is 0 Å². The minimum Gasteiger partial charge on any atom is -0.343 e. The number of fused-ring (bicyclic) bond motifs is 2. The minimum atomic E-state index is -0.0275. The van der Waals surface area contributed by atoms with Crippen molar-refractivity contribution >= 4 is 44.9 Å². The Kier molecular flexibility index (Phi) is 4.78. The fourth-order valence-electron chi connectivity index (χ4n) is 4.83. The molecule has 0 amide bonds. The summed E-state index contributed by atoms with van der Waals surface area (Å²) >= 11 is 3.48. The van der Waals surface area contributed by atoms with Crippen LogP contribution in [0.2, 0.25) is 0 Å². The van der Waals surface area contributed by atoms with E-state index in [0.717, 1.165) is 62.3 Å². The van der Waals surface area contributed by atoms with Crippen LogP contribution in [-0.2, 0) is 4.79 Å². The number of aryl methyl sites for hydroxylation is 1. The second-order valence-electron chi connectivity index (χ2n) is 9.02. The number of benzene rings is 1. The number of Topliss-reactive ketones (excluding diaryl/α,β-unsaturated/α-hetero) is 1. The molecule has 0 spiro atoms. The zero-order chi connectivity index (χ0) is 21.0. The molecule has 3 aromatic rings. The monoisotopic (exact) mass is 438 g/mol. The number of carbonyl (C=O) groups is 1. The van der Waals surface area contributed by atoms with Gasteiger partial charge >= 0.3 is 0 Å². The summed E-state index contributed by atoms with van der Waals surface area (Å²) in [6, 6.07) is 8.18. The topological polar surface area (TPSA) is 59.8 Å². The standard InChI is InChI=1S/C23H26N4OS2/c1-13-19-14(9-10-29-4)20-16(11-23(2,3)12-17(20)28)24-21(19)27(26-13)22-25-15-7-5-6-8-18(15)30-22/h5-8,14,24H,9-12H2,1-4H3. The zero-order valence-electron chi connectivity index (χ0n) is 17.8. The predicted molar refractivity (Wildman–Crippen MR) is 126 cm³/mol. The maximum absolute atomic E-state index is 13.2. The molecule has 1 atom stereocenters. The number of hydrogen-bond donors (Lipinski definition) is 1. The summed E-state index contributed by atoms with van der Waals surface area (Å²) in [5.74, 6) is 2.40. The molecule has 7 heteroatoms. The van der Waals surface area contributed by atoms with Crippen molar-refractivity contribution in [1.82, 2.24) is 14.8 Å². The summed E-state index contributed by atoms with van der Waals surface area (Å²) in [7, 11) is 0. The van der Waals surface area contributed by atoms with Gasteiger partial charge in [-0.15, -0.1) is 0 Å². The summed E-state index contributed by atoms with van der Waals surface area (Å²) in [6.07, 6.45) is 4.57. The number of allylic oxidation sites excluding steroid dienone is 2. The van der Waals surface area contributed by atoms with Crippen LogP contribution in [0.1, 0.15) is 50.3 Å². The number of para-hydroxylation sites is 1. The molecule has 3 heterocycles. The molecule has 30 heavy (non-hydrogen) atoms. The van der Waals surface area contributed by atoms with E-state index in [2.05, 4.69) is 38.4 Å². The Morgan fingerprint density at radius 1 is 1.30 bits per heavy atom. The summed E-state index contributed by atoms with van der Waals surface area (Å²) in [5, 5.41) is 9.40. The number of anilines is 1. The maximum Gasteiger partial charge on any atom is 0.213 e. The number of hydrogen-bond acceptors (Lipinski definition) is 6. The first-order valence-corrected chi connectivity index (χ1v) is 12.6. The van der Waals surface area contributed by atoms with Crippen LogP contribution < -0.4 is 5.32 Å².